The van der Waals surface area contributed by atoms with Crippen LogP contribution in [-0.2, 0) is 13.6 Å². The maximum Gasteiger partial charge on any atom is 0.154 e. The normalized spacial score (nSPS) is 15.3. The minimum atomic E-state index is 0.381. The molecule has 0 saturated carbocycles. The summed E-state index contributed by atoms with van der Waals surface area (Å²) in [6.07, 6.45) is 5.79. The van der Waals surface area contributed by atoms with Gasteiger partial charge in [0, 0.05) is 63.3 Å². The Morgan fingerprint density at radius 2 is 1.79 bits per heavy atom. The average Bonchev–Trinajstić information content (AvgIpc) is 3.20. The third kappa shape index (κ3) is 4.90. The standard InChI is InChI=1S/C25H31N9/c1-17(2)18-12-25(30-27-14-18)29-24-6-5-21-22(28-24)11-19(13-26-21)20-15-33(4)31-23(20)16-34-9-7-32(3)8-10-34/h5-6,11-15,17H,7-10,16H2,1-4H3,(H,28,29,30). The van der Waals surface area contributed by atoms with Crippen LogP contribution < -0.4 is 5.32 Å². The van der Waals surface area contributed by atoms with Gasteiger partial charge in [-0.05, 0) is 42.8 Å². The molecule has 1 aliphatic rings. The van der Waals surface area contributed by atoms with Crippen molar-refractivity contribution in [3.05, 3.63) is 54.1 Å². The summed E-state index contributed by atoms with van der Waals surface area (Å²) in [7, 11) is 4.14. The summed E-state index contributed by atoms with van der Waals surface area (Å²) in [6, 6.07) is 8.00. The number of hydrogen-bond donors (Lipinski definition) is 1. The van der Waals surface area contributed by atoms with Crippen molar-refractivity contribution in [3.63, 3.8) is 0 Å². The fourth-order valence-electron chi connectivity index (χ4n) is 4.22. The third-order valence-electron chi connectivity index (χ3n) is 6.32. The molecule has 0 atom stereocenters. The zero-order valence-electron chi connectivity index (χ0n) is 20.2. The number of pyridine rings is 2. The van der Waals surface area contributed by atoms with Crippen LogP contribution in [-0.4, -0.2) is 73.0 Å². The van der Waals surface area contributed by atoms with Crippen molar-refractivity contribution in [2.75, 3.05) is 38.5 Å². The van der Waals surface area contributed by atoms with E-state index in [0.717, 1.165) is 66.1 Å². The van der Waals surface area contributed by atoms with Crippen molar-refractivity contribution in [3.8, 4) is 11.1 Å². The van der Waals surface area contributed by atoms with Crippen LogP contribution in [0.2, 0.25) is 0 Å². The van der Waals surface area contributed by atoms with Crippen molar-refractivity contribution < 1.29 is 0 Å². The van der Waals surface area contributed by atoms with Gasteiger partial charge in [-0.3, -0.25) is 14.6 Å². The molecule has 4 aromatic heterocycles. The minimum absolute atomic E-state index is 0.381. The van der Waals surface area contributed by atoms with Gasteiger partial charge in [0.2, 0.25) is 0 Å². The van der Waals surface area contributed by atoms with Gasteiger partial charge >= 0.3 is 0 Å². The van der Waals surface area contributed by atoms with Gasteiger partial charge in [-0.15, -0.1) is 5.10 Å². The van der Waals surface area contributed by atoms with Crippen LogP contribution in [0.1, 0.15) is 31.0 Å². The number of aromatic nitrogens is 6. The molecule has 1 N–H and O–H groups in total. The van der Waals surface area contributed by atoms with E-state index in [0.29, 0.717) is 17.6 Å². The summed E-state index contributed by atoms with van der Waals surface area (Å²) in [5, 5.41) is 16.4. The summed E-state index contributed by atoms with van der Waals surface area (Å²) in [4.78, 5) is 14.3. The Hall–Kier alpha value is -3.43. The molecule has 176 valence electrons. The molecule has 5 heterocycles. The summed E-state index contributed by atoms with van der Waals surface area (Å²) < 4.78 is 1.89. The quantitative estimate of drug-likeness (QED) is 0.471. The average molecular weight is 458 g/mol. The molecule has 0 aliphatic carbocycles. The first-order chi connectivity index (χ1) is 16.4. The Labute approximate surface area is 199 Å². The van der Waals surface area contributed by atoms with E-state index in [9.17, 15) is 0 Å². The predicted molar refractivity (Wildman–Crippen MR) is 134 cm³/mol. The predicted octanol–water partition coefficient (Wildman–Crippen LogP) is 3.43. The maximum atomic E-state index is 4.81. The molecule has 0 amide bonds. The van der Waals surface area contributed by atoms with Crippen LogP contribution in [0.25, 0.3) is 22.2 Å². The van der Waals surface area contributed by atoms with E-state index >= 15 is 0 Å². The Morgan fingerprint density at radius 3 is 2.59 bits per heavy atom. The van der Waals surface area contributed by atoms with Crippen molar-refractivity contribution in [2.45, 2.75) is 26.3 Å². The van der Waals surface area contributed by atoms with E-state index < -0.39 is 0 Å². The smallest absolute Gasteiger partial charge is 0.154 e. The minimum Gasteiger partial charge on any atom is -0.323 e. The highest BCUT2D eigenvalue weighted by Gasteiger charge is 2.18. The summed E-state index contributed by atoms with van der Waals surface area (Å²) in [6.45, 7) is 9.40. The molecule has 1 fully saturated rings. The van der Waals surface area contributed by atoms with Gasteiger partial charge in [0.15, 0.2) is 5.82 Å². The number of nitrogens with zero attached hydrogens (tertiary/aromatic N) is 8. The van der Waals surface area contributed by atoms with Crippen LogP contribution in [0.4, 0.5) is 11.6 Å². The molecule has 4 aromatic rings. The van der Waals surface area contributed by atoms with Gasteiger partial charge in [0.05, 0.1) is 22.9 Å². The number of nitrogens with one attached hydrogen (secondary N) is 1. The molecule has 5 rings (SSSR count). The van der Waals surface area contributed by atoms with Gasteiger partial charge < -0.3 is 10.2 Å². The molecule has 1 saturated heterocycles. The molecule has 0 aromatic carbocycles. The molecular weight excluding hydrogens is 426 g/mol. The fraction of sp³-hybridized carbons (Fsp3) is 0.400. The van der Waals surface area contributed by atoms with Crippen LogP contribution in [0.3, 0.4) is 0 Å². The van der Waals surface area contributed by atoms with Gasteiger partial charge in [-0.1, -0.05) is 13.8 Å². The van der Waals surface area contributed by atoms with E-state index in [4.69, 9.17) is 10.1 Å². The van der Waals surface area contributed by atoms with Crippen molar-refractivity contribution >= 4 is 22.7 Å². The molecule has 0 unspecified atom stereocenters. The van der Waals surface area contributed by atoms with Gasteiger partial charge in [0.1, 0.15) is 5.82 Å². The zero-order valence-corrected chi connectivity index (χ0v) is 20.2. The second-order valence-electron chi connectivity index (χ2n) is 9.36. The summed E-state index contributed by atoms with van der Waals surface area (Å²) >= 11 is 0. The number of fused-ring (bicyclic) bond motifs is 1. The maximum absolute atomic E-state index is 4.81. The third-order valence-corrected chi connectivity index (χ3v) is 6.32. The second-order valence-corrected chi connectivity index (χ2v) is 9.36. The lowest BCUT2D eigenvalue weighted by molar-refractivity contribution is 0.147. The first-order valence-corrected chi connectivity index (χ1v) is 11.7. The van der Waals surface area contributed by atoms with Crippen molar-refractivity contribution in [1.29, 1.82) is 0 Å². The largest absolute Gasteiger partial charge is 0.323 e. The number of hydrogen-bond acceptors (Lipinski definition) is 8. The van der Waals surface area contributed by atoms with E-state index in [1.165, 1.54) is 0 Å². The molecule has 0 radical (unpaired) electrons. The summed E-state index contributed by atoms with van der Waals surface area (Å²) in [5.41, 5.74) is 6.00. The van der Waals surface area contributed by atoms with Crippen molar-refractivity contribution in [2.24, 2.45) is 7.05 Å². The number of aryl methyl sites for hydroxylation is 1. The fourth-order valence-corrected chi connectivity index (χ4v) is 4.22. The molecule has 0 bridgehead atoms. The van der Waals surface area contributed by atoms with Crippen LogP contribution in [0.15, 0.2) is 42.9 Å². The highest BCUT2D eigenvalue weighted by molar-refractivity contribution is 5.82. The van der Waals surface area contributed by atoms with E-state index in [2.05, 4.69) is 63.5 Å². The molecule has 0 spiro atoms. The first-order valence-electron chi connectivity index (χ1n) is 11.7. The highest BCUT2D eigenvalue weighted by atomic mass is 15.3. The van der Waals surface area contributed by atoms with E-state index in [1.54, 1.807) is 6.20 Å². The van der Waals surface area contributed by atoms with Crippen molar-refractivity contribution in [1.82, 2.24) is 39.7 Å². The number of anilines is 2. The Balaban J connectivity index is 1.41. The number of rotatable bonds is 6. The van der Waals surface area contributed by atoms with Crippen LogP contribution in [0, 0.1) is 0 Å². The highest BCUT2D eigenvalue weighted by Crippen LogP contribution is 2.27. The van der Waals surface area contributed by atoms with Gasteiger partial charge in [-0.25, -0.2) is 4.98 Å². The SMILES string of the molecule is CC(C)c1cnnc(Nc2ccc3ncc(-c4cn(C)nc4CN4CCN(C)CC4)cc3n2)c1. The van der Waals surface area contributed by atoms with Gasteiger partial charge in [0.25, 0.3) is 0 Å². The molecule has 1 aliphatic heterocycles. The van der Waals surface area contributed by atoms with Crippen LogP contribution >= 0.6 is 0 Å². The number of likely N-dealkylation sites (N-methyl/N-ethyl adjacent to an activating group) is 1. The lowest BCUT2D eigenvalue weighted by Gasteiger charge is -2.32. The van der Waals surface area contributed by atoms with Crippen LogP contribution in [0.5, 0.6) is 0 Å². The topological polar surface area (TPSA) is 87.9 Å². The van der Waals surface area contributed by atoms with Gasteiger partial charge in [-0.2, -0.15) is 10.2 Å². The second kappa shape index (κ2) is 9.44. The van der Waals surface area contributed by atoms with E-state index in [1.807, 2.05) is 36.1 Å². The molecule has 9 nitrogen and oxygen atoms in total. The molecule has 9 heteroatoms. The summed E-state index contributed by atoms with van der Waals surface area (Å²) in [5.74, 6) is 1.78. The molecular formula is C25H31N9. The zero-order chi connectivity index (χ0) is 23.7. The monoisotopic (exact) mass is 457 g/mol. The first kappa shape index (κ1) is 22.4. The van der Waals surface area contributed by atoms with E-state index in [-0.39, 0.29) is 0 Å². The Kier molecular flexibility index (Phi) is 6.21. The Bertz CT molecular complexity index is 1290. The molecule has 34 heavy (non-hydrogen) atoms. The lowest BCUT2D eigenvalue weighted by Crippen LogP contribution is -2.44. The lowest BCUT2D eigenvalue weighted by atomic mass is 10.1. The number of piperazine rings is 1. The Morgan fingerprint density at radius 1 is 0.971 bits per heavy atom.